The van der Waals surface area contributed by atoms with Gasteiger partial charge in [0, 0.05) is 5.56 Å². The molecule has 4 N–H and O–H groups in total. The van der Waals surface area contributed by atoms with E-state index in [-0.39, 0.29) is 17.6 Å². The van der Waals surface area contributed by atoms with Crippen LogP contribution in [0.5, 0.6) is 0 Å². The molecule has 1 amide bonds. The van der Waals surface area contributed by atoms with Crippen molar-refractivity contribution >= 4 is 11.7 Å². The summed E-state index contributed by atoms with van der Waals surface area (Å²) >= 11 is 0. The summed E-state index contributed by atoms with van der Waals surface area (Å²) in [4.78, 5) is 12.0. The maximum absolute atomic E-state index is 13.1. The summed E-state index contributed by atoms with van der Waals surface area (Å²) in [6, 6.07) is 3.50. The molecule has 6 heteroatoms. The van der Waals surface area contributed by atoms with E-state index in [1.807, 2.05) is 13.8 Å². The Kier molecular flexibility index (Phi) is 4.86. The molecule has 1 atom stereocenters. The van der Waals surface area contributed by atoms with Gasteiger partial charge in [0.2, 0.25) is 0 Å². The van der Waals surface area contributed by atoms with Crippen molar-refractivity contribution in [3.05, 3.63) is 35.1 Å². The van der Waals surface area contributed by atoms with Crippen molar-refractivity contribution in [2.75, 3.05) is 0 Å². The van der Waals surface area contributed by atoms with Gasteiger partial charge in [-0.1, -0.05) is 19.0 Å². The lowest BCUT2D eigenvalue weighted by atomic mass is 10.0. The van der Waals surface area contributed by atoms with Crippen LogP contribution < -0.4 is 11.1 Å². The molecule has 0 fully saturated rings. The number of amidine groups is 1. The zero-order valence-electron chi connectivity index (χ0n) is 11.1. The van der Waals surface area contributed by atoms with Crippen LogP contribution in [0.4, 0.5) is 4.39 Å². The van der Waals surface area contributed by atoms with Gasteiger partial charge in [0.05, 0.1) is 6.04 Å². The molecule has 1 aromatic rings. The van der Waals surface area contributed by atoms with Crippen LogP contribution in [0.1, 0.15) is 29.8 Å². The summed E-state index contributed by atoms with van der Waals surface area (Å²) < 4.78 is 13.1. The van der Waals surface area contributed by atoms with Gasteiger partial charge < -0.3 is 16.3 Å². The molecular formula is C13H18FN3O2. The Labute approximate surface area is 111 Å². The highest BCUT2D eigenvalue weighted by Crippen LogP contribution is 2.10. The van der Waals surface area contributed by atoms with E-state index >= 15 is 0 Å². The highest BCUT2D eigenvalue weighted by molar-refractivity contribution is 5.98. The van der Waals surface area contributed by atoms with Crippen molar-refractivity contribution < 1.29 is 14.4 Å². The Morgan fingerprint density at radius 1 is 1.47 bits per heavy atom. The van der Waals surface area contributed by atoms with Crippen molar-refractivity contribution in [3.63, 3.8) is 0 Å². The number of amides is 1. The van der Waals surface area contributed by atoms with Crippen LogP contribution in [0.15, 0.2) is 23.4 Å². The molecule has 0 spiro atoms. The molecule has 0 bridgehead atoms. The Morgan fingerprint density at radius 3 is 2.58 bits per heavy atom. The Hall–Kier alpha value is -2.11. The number of oxime groups is 1. The lowest BCUT2D eigenvalue weighted by Crippen LogP contribution is -2.47. The zero-order valence-corrected chi connectivity index (χ0v) is 11.1. The minimum absolute atomic E-state index is 0.0404. The molecule has 5 nitrogen and oxygen atoms in total. The average Bonchev–Trinajstić information content (AvgIpc) is 2.37. The van der Waals surface area contributed by atoms with Gasteiger partial charge in [-0.05, 0) is 36.6 Å². The van der Waals surface area contributed by atoms with E-state index in [1.165, 1.54) is 18.2 Å². The Bertz CT molecular complexity index is 501. The second-order valence-electron chi connectivity index (χ2n) is 4.68. The zero-order chi connectivity index (χ0) is 14.6. The minimum atomic E-state index is -0.581. The number of aryl methyl sites for hydroxylation is 1. The fraction of sp³-hybridized carbons (Fsp3) is 0.385. The third kappa shape index (κ3) is 3.67. The van der Waals surface area contributed by atoms with Crippen molar-refractivity contribution in [1.29, 1.82) is 0 Å². The van der Waals surface area contributed by atoms with Gasteiger partial charge in [-0.2, -0.15) is 0 Å². The standard InChI is InChI=1S/C13H18FN3O2/c1-7(2)11(12(15)17-19)16-13(18)9-4-5-10(14)8(3)6-9/h4-7,11,19H,1-3H3,(H2,15,17)(H,16,18). The highest BCUT2D eigenvalue weighted by atomic mass is 19.1. The number of hydrogen-bond acceptors (Lipinski definition) is 3. The first-order valence-electron chi connectivity index (χ1n) is 5.91. The molecule has 0 aliphatic rings. The molecule has 0 saturated carbocycles. The molecule has 1 rings (SSSR count). The van der Waals surface area contributed by atoms with Crippen LogP contribution in [0.3, 0.4) is 0 Å². The number of carbonyl (C=O) groups excluding carboxylic acids is 1. The van der Waals surface area contributed by atoms with Crippen molar-refractivity contribution in [3.8, 4) is 0 Å². The van der Waals surface area contributed by atoms with Crippen molar-refractivity contribution in [1.82, 2.24) is 5.32 Å². The number of rotatable bonds is 4. The van der Waals surface area contributed by atoms with Gasteiger partial charge >= 0.3 is 0 Å². The second kappa shape index (κ2) is 6.17. The van der Waals surface area contributed by atoms with Gasteiger partial charge in [-0.3, -0.25) is 4.79 Å². The normalized spacial score (nSPS) is 13.4. The fourth-order valence-electron chi connectivity index (χ4n) is 1.65. The highest BCUT2D eigenvalue weighted by Gasteiger charge is 2.21. The van der Waals surface area contributed by atoms with E-state index in [2.05, 4.69) is 10.5 Å². The summed E-state index contributed by atoms with van der Waals surface area (Å²) in [5.74, 6) is -0.870. The molecule has 1 unspecified atom stereocenters. The Balaban J connectivity index is 2.91. The van der Waals surface area contributed by atoms with Crippen LogP contribution >= 0.6 is 0 Å². The second-order valence-corrected chi connectivity index (χ2v) is 4.68. The average molecular weight is 267 g/mol. The summed E-state index contributed by atoms with van der Waals surface area (Å²) in [6.45, 7) is 5.24. The summed E-state index contributed by atoms with van der Waals surface area (Å²) in [6.07, 6.45) is 0. The SMILES string of the molecule is Cc1cc(C(=O)NC(C(N)=NO)C(C)C)ccc1F. The summed E-state index contributed by atoms with van der Waals surface area (Å²) in [5, 5.41) is 14.2. The monoisotopic (exact) mass is 267 g/mol. The predicted molar refractivity (Wildman–Crippen MR) is 70.6 cm³/mol. The fourth-order valence-corrected chi connectivity index (χ4v) is 1.65. The van der Waals surface area contributed by atoms with E-state index in [9.17, 15) is 9.18 Å². The van der Waals surface area contributed by atoms with Crippen LogP contribution in [-0.4, -0.2) is 23.0 Å². The Morgan fingerprint density at radius 2 is 2.11 bits per heavy atom. The first-order chi connectivity index (χ1) is 8.86. The molecule has 104 valence electrons. The van der Waals surface area contributed by atoms with Crippen LogP contribution in [-0.2, 0) is 0 Å². The number of benzene rings is 1. The van der Waals surface area contributed by atoms with Gasteiger partial charge in [0.1, 0.15) is 5.82 Å². The molecule has 0 heterocycles. The van der Waals surface area contributed by atoms with E-state index in [4.69, 9.17) is 10.9 Å². The quantitative estimate of drug-likeness (QED) is 0.335. The van der Waals surface area contributed by atoms with Crippen LogP contribution in [0.2, 0.25) is 0 Å². The van der Waals surface area contributed by atoms with Crippen LogP contribution in [0.25, 0.3) is 0 Å². The summed E-state index contributed by atoms with van der Waals surface area (Å²) in [7, 11) is 0. The van der Waals surface area contributed by atoms with Gasteiger partial charge in [-0.25, -0.2) is 4.39 Å². The van der Waals surface area contributed by atoms with Crippen molar-refractivity contribution in [2.24, 2.45) is 16.8 Å². The third-order valence-electron chi connectivity index (χ3n) is 2.81. The minimum Gasteiger partial charge on any atom is -0.409 e. The molecule has 0 radical (unpaired) electrons. The number of halogens is 1. The molecule has 0 aliphatic heterocycles. The van der Waals surface area contributed by atoms with Gasteiger partial charge in [-0.15, -0.1) is 0 Å². The van der Waals surface area contributed by atoms with Gasteiger partial charge in [0.15, 0.2) is 5.84 Å². The molecule has 0 aromatic heterocycles. The summed E-state index contributed by atoms with van der Waals surface area (Å²) in [5.41, 5.74) is 6.24. The lowest BCUT2D eigenvalue weighted by molar-refractivity contribution is 0.0938. The van der Waals surface area contributed by atoms with Crippen LogP contribution in [0, 0.1) is 18.7 Å². The van der Waals surface area contributed by atoms with E-state index in [0.717, 1.165) is 0 Å². The van der Waals surface area contributed by atoms with E-state index in [0.29, 0.717) is 11.1 Å². The number of nitrogens with one attached hydrogen (secondary N) is 1. The van der Waals surface area contributed by atoms with E-state index in [1.54, 1.807) is 6.92 Å². The van der Waals surface area contributed by atoms with Crippen molar-refractivity contribution in [2.45, 2.75) is 26.8 Å². The predicted octanol–water partition coefficient (Wildman–Crippen LogP) is 1.63. The molecule has 19 heavy (non-hydrogen) atoms. The molecular weight excluding hydrogens is 249 g/mol. The number of nitrogens with two attached hydrogens (primary N) is 1. The molecule has 1 aromatic carbocycles. The molecule has 0 saturated heterocycles. The maximum atomic E-state index is 13.1. The topological polar surface area (TPSA) is 87.7 Å². The first-order valence-corrected chi connectivity index (χ1v) is 5.91. The smallest absolute Gasteiger partial charge is 0.251 e. The number of carbonyl (C=O) groups is 1. The van der Waals surface area contributed by atoms with Gasteiger partial charge in [0.25, 0.3) is 5.91 Å². The van der Waals surface area contributed by atoms with E-state index < -0.39 is 11.9 Å². The third-order valence-corrected chi connectivity index (χ3v) is 2.81. The molecule has 0 aliphatic carbocycles. The lowest BCUT2D eigenvalue weighted by Gasteiger charge is -2.21. The number of hydrogen-bond donors (Lipinski definition) is 3. The maximum Gasteiger partial charge on any atom is 0.251 e. The largest absolute Gasteiger partial charge is 0.409 e. The number of nitrogens with zero attached hydrogens (tertiary/aromatic N) is 1. The first kappa shape index (κ1) is 14.9.